The Balaban J connectivity index is 0.00000312. The largest absolute Gasteiger partial charge is 0.343 e. The fraction of sp³-hybridized carbons (Fsp3) is 0.950. The second-order valence-corrected chi connectivity index (χ2v) is 8.38. The van der Waals surface area contributed by atoms with Gasteiger partial charge in [-0.15, -0.1) is 24.8 Å². The molecule has 1 heterocycles. The van der Waals surface area contributed by atoms with E-state index in [-0.39, 0.29) is 30.2 Å². The molecular weight excluding hydrogens is 369 g/mol. The summed E-state index contributed by atoms with van der Waals surface area (Å²) in [4.78, 5) is 17.3. The Morgan fingerprint density at radius 3 is 2.31 bits per heavy atom. The molecule has 1 saturated heterocycles. The van der Waals surface area contributed by atoms with Gasteiger partial charge >= 0.3 is 0 Å². The minimum Gasteiger partial charge on any atom is -0.343 e. The highest BCUT2D eigenvalue weighted by atomic mass is 35.5. The van der Waals surface area contributed by atoms with Crippen LogP contribution in [0, 0.1) is 11.3 Å². The van der Waals surface area contributed by atoms with Crippen molar-refractivity contribution in [1.29, 1.82) is 0 Å². The van der Waals surface area contributed by atoms with Gasteiger partial charge in [0.25, 0.3) is 0 Å². The van der Waals surface area contributed by atoms with Gasteiger partial charge in [-0.05, 0) is 63.6 Å². The van der Waals surface area contributed by atoms with Crippen molar-refractivity contribution in [2.45, 2.75) is 71.1 Å². The summed E-state index contributed by atoms with van der Waals surface area (Å²) in [5.41, 5.74) is 6.16. The van der Waals surface area contributed by atoms with Crippen LogP contribution in [0.25, 0.3) is 0 Å². The van der Waals surface area contributed by atoms with Crippen LogP contribution in [0.3, 0.4) is 0 Å². The number of rotatable bonds is 8. The smallest absolute Gasteiger partial charge is 0.223 e. The standard InChI is InChI=1S/C20H39N3O.2ClH/c1-3-4-12-22(2)16-18-8-13-23(14-9-18)19(24)15-20(17-21)10-6-5-7-11-20;;/h18H,3-17,21H2,1-2H3;2*1H. The number of carbonyl (C=O) groups excluding carboxylic acids is 1. The summed E-state index contributed by atoms with van der Waals surface area (Å²) in [7, 11) is 2.24. The van der Waals surface area contributed by atoms with Gasteiger partial charge in [-0.25, -0.2) is 0 Å². The van der Waals surface area contributed by atoms with Crippen LogP contribution in [0.5, 0.6) is 0 Å². The van der Waals surface area contributed by atoms with E-state index in [0.717, 1.165) is 44.7 Å². The molecule has 1 aliphatic carbocycles. The predicted octanol–water partition coefficient (Wildman–Crippen LogP) is 4.10. The Labute approximate surface area is 173 Å². The number of nitrogens with zero attached hydrogens (tertiary/aromatic N) is 2. The van der Waals surface area contributed by atoms with E-state index in [1.54, 1.807) is 0 Å². The fourth-order valence-electron chi connectivity index (χ4n) is 4.51. The molecule has 0 aromatic heterocycles. The quantitative estimate of drug-likeness (QED) is 0.656. The van der Waals surface area contributed by atoms with Crippen LogP contribution in [0.1, 0.15) is 71.1 Å². The Hall–Kier alpha value is -0.0300. The molecule has 0 bridgehead atoms. The van der Waals surface area contributed by atoms with Gasteiger partial charge in [0.05, 0.1) is 0 Å². The van der Waals surface area contributed by atoms with Crippen molar-refractivity contribution in [2.75, 3.05) is 39.8 Å². The average molecular weight is 410 g/mol. The Morgan fingerprint density at radius 2 is 1.77 bits per heavy atom. The number of unbranched alkanes of at least 4 members (excludes halogenated alkanes) is 1. The molecule has 0 aromatic rings. The van der Waals surface area contributed by atoms with E-state index in [1.807, 2.05) is 0 Å². The first-order valence-corrected chi connectivity index (χ1v) is 10.2. The number of likely N-dealkylation sites (tertiary alicyclic amines) is 1. The van der Waals surface area contributed by atoms with Gasteiger partial charge in [0.1, 0.15) is 0 Å². The number of carbonyl (C=O) groups is 1. The van der Waals surface area contributed by atoms with Crippen LogP contribution in [-0.2, 0) is 4.79 Å². The molecule has 1 saturated carbocycles. The van der Waals surface area contributed by atoms with Gasteiger partial charge in [0.15, 0.2) is 0 Å². The van der Waals surface area contributed by atoms with Crippen LogP contribution < -0.4 is 5.73 Å². The Kier molecular flexibility index (Phi) is 13.2. The molecule has 4 nitrogen and oxygen atoms in total. The Bertz CT molecular complexity index is 381. The summed E-state index contributed by atoms with van der Waals surface area (Å²) in [5.74, 6) is 1.12. The number of halogens is 2. The molecule has 26 heavy (non-hydrogen) atoms. The number of amides is 1. The van der Waals surface area contributed by atoms with Crippen LogP contribution in [0.4, 0.5) is 0 Å². The maximum Gasteiger partial charge on any atom is 0.223 e. The third kappa shape index (κ3) is 7.92. The molecule has 1 amide bonds. The monoisotopic (exact) mass is 409 g/mol. The minimum atomic E-state index is 0. The SMILES string of the molecule is CCCCN(C)CC1CCN(C(=O)CC2(CN)CCCCC2)CC1.Cl.Cl. The summed E-state index contributed by atoms with van der Waals surface area (Å²) < 4.78 is 0. The van der Waals surface area contributed by atoms with Gasteiger partial charge in [-0.1, -0.05) is 32.6 Å². The zero-order valence-corrected chi connectivity index (χ0v) is 18.5. The molecule has 0 radical (unpaired) electrons. The number of hydrogen-bond donors (Lipinski definition) is 1. The molecule has 2 rings (SSSR count). The van der Waals surface area contributed by atoms with Crippen molar-refractivity contribution >= 4 is 30.7 Å². The maximum atomic E-state index is 12.8. The molecular formula is C20H41Cl2N3O. The molecule has 0 aromatic carbocycles. The Morgan fingerprint density at radius 1 is 1.15 bits per heavy atom. The van der Waals surface area contributed by atoms with Gasteiger partial charge in [-0.3, -0.25) is 4.79 Å². The number of nitrogens with two attached hydrogens (primary N) is 1. The van der Waals surface area contributed by atoms with E-state index in [2.05, 4.69) is 23.8 Å². The summed E-state index contributed by atoms with van der Waals surface area (Å²) in [6.07, 6.45) is 11.7. The van der Waals surface area contributed by atoms with Gasteiger partial charge < -0.3 is 15.5 Å². The summed E-state index contributed by atoms with van der Waals surface area (Å²) in [5, 5.41) is 0. The van der Waals surface area contributed by atoms with Crippen molar-refractivity contribution < 1.29 is 4.79 Å². The molecule has 156 valence electrons. The maximum absolute atomic E-state index is 12.8. The van der Waals surface area contributed by atoms with Crippen molar-refractivity contribution in [3.63, 3.8) is 0 Å². The normalized spacial score (nSPS) is 20.4. The lowest BCUT2D eigenvalue weighted by Crippen LogP contribution is -2.44. The predicted molar refractivity (Wildman–Crippen MR) is 115 cm³/mol. The van der Waals surface area contributed by atoms with E-state index in [1.165, 1.54) is 45.2 Å². The van der Waals surface area contributed by atoms with Gasteiger partial charge in [0, 0.05) is 26.1 Å². The zero-order chi connectivity index (χ0) is 17.4. The number of hydrogen-bond acceptors (Lipinski definition) is 3. The van der Waals surface area contributed by atoms with Gasteiger partial charge in [0.2, 0.25) is 5.91 Å². The first kappa shape index (κ1) is 26.0. The second-order valence-electron chi connectivity index (χ2n) is 8.38. The fourth-order valence-corrected chi connectivity index (χ4v) is 4.51. The first-order valence-electron chi connectivity index (χ1n) is 10.2. The molecule has 0 unspecified atom stereocenters. The molecule has 0 spiro atoms. The first-order chi connectivity index (χ1) is 11.6. The summed E-state index contributed by atoms with van der Waals surface area (Å²) in [6, 6.07) is 0. The molecule has 1 aliphatic heterocycles. The third-order valence-corrected chi connectivity index (χ3v) is 6.30. The third-order valence-electron chi connectivity index (χ3n) is 6.30. The number of piperidine rings is 1. The van der Waals surface area contributed by atoms with E-state index in [0.29, 0.717) is 18.9 Å². The van der Waals surface area contributed by atoms with Crippen LogP contribution in [0.15, 0.2) is 0 Å². The van der Waals surface area contributed by atoms with Crippen LogP contribution in [0.2, 0.25) is 0 Å². The zero-order valence-electron chi connectivity index (χ0n) is 16.9. The lowest BCUT2D eigenvalue weighted by Gasteiger charge is -2.39. The van der Waals surface area contributed by atoms with Crippen LogP contribution >= 0.6 is 24.8 Å². The van der Waals surface area contributed by atoms with Crippen molar-refractivity contribution in [2.24, 2.45) is 17.1 Å². The summed E-state index contributed by atoms with van der Waals surface area (Å²) >= 11 is 0. The lowest BCUT2D eigenvalue weighted by molar-refractivity contribution is -0.135. The average Bonchev–Trinajstić information content (AvgIpc) is 2.61. The van der Waals surface area contributed by atoms with Crippen molar-refractivity contribution in [3.8, 4) is 0 Å². The van der Waals surface area contributed by atoms with E-state index in [9.17, 15) is 4.79 Å². The van der Waals surface area contributed by atoms with Gasteiger partial charge in [-0.2, -0.15) is 0 Å². The lowest BCUT2D eigenvalue weighted by atomic mass is 9.71. The topological polar surface area (TPSA) is 49.6 Å². The van der Waals surface area contributed by atoms with E-state index >= 15 is 0 Å². The summed E-state index contributed by atoms with van der Waals surface area (Å²) in [6.45, 7) is 7.22. The van der Waals surface area contributed by atoms with Crippen LogP contribution in [-0.4, -0.2) is 55.5 Å². The molecule has 2 N–H and O–H groups in total. The van der Waals surface area contributed by atoms with Crippen molar-refractivity contribution in [3.05, 3.63) is 0 Å². The van der Waals surface area contributed by atoms with E-state index in [4.69, 9.17) is 5.73 Å². The second kappa shape index (κ2) is 13.2. The molecule has 2 aliphatic rings. The minimum absolute atomic E-state index is 0. The van der Waals surface area contributed by atoms with E-state index < -0.39 is 0 Å². The highest BCUT2D eigenvalue weighted by Gasteiger charge is 2.35. The molecule has 0 atom stereocenters. The molecule has 2 fully saturated rings. The highest BCUT2D eigenvalue weighted by Crippen LogP contribution is 2.39. The molecule has 6 heteroatoms. The highest BCUT2D eigenvalue weighted by molar-refractivity contribution is 5.85. The van der Waals surface area contributed by atoms with Crippen molar-refractivity contribution in [1.82, 2.24) is 9.80 Å².